The Labute approximate surface area is 117 Å². The van der Waals surface area contributed by atoms with Crippen molar-refractivity contribution in [2.75, 3.05) is 10.7 Å². The third-order valence-corrected chi connectivity index (χ3v) is 2.86. The summed E-state index contributed by atoms with van der Waals surface area (Å²) in [6, 6.07) is 1.77. The van der Waals surface area contributed by atoms with Crippen molar-refractivity contribution < 1.29 is 0 Å². The lowest BCUT2D eigenvalue weighted by Crippen LogP contribution is -2.13. The van der Waals surface area contributed by atoms with E-state index in [1.54, 1.807) is 12.4 Å². The first-order chi connectivity index (χ1) is 9.76. The van der Waals surface area contributed by atoms with Crippen molar-refractivity contribution in [2.45, 2.75) is 39.8 Å². The van der Waals surface area contributed by atoms with E-state index >= 15 is 0 Å². The normalized spacial score (nSPS) is 10.6. The van der Waals surface area contributed by atoms with Gasteiger partial charge in [-0.25, -0.2) is 15.8 Å². The first-order valence-corrected chi connectivity index (χ1v) is 6.72. The predicted octanol–water partition coefficient (Wildman–Crippen LogP) is 0.938. The second-order valence-electron chi connectivity index (χ2n) is 4.34. The van der Waals surface area contributed by atoms with Gasteiger partial charge in [0.05, 0.1) is 6.54 Å². The first kappa shape index (κ1) is 14.2. The summed E-state index contributed by atoms with van der Waals surface area (Å²) >= 11 is 0. The van der Waals surface area contributed by atoms with Gasteiger partial charge in [0.2, 0.25) is 0 Å². The van der Waals surface area contributed by atoms with Crippen LogP contribution >= 0.6 is 0 Å². The van der Waals surface area contributed by atoms with Crippen LogP contribution in [0, 0.1) is 0 Å². The SMILES string of the molecule is CCCc1nc(NN)cc(NCc2nncn2CC)n1. The highest BCUT2D eigenvalue weighted by Crippen LogP contribution is 2.12. The van der Waals surface area contributed by atoms with E-state index in [9.17, 15) is 0 Å². The Kier molecular flexibility index (Phi) is 4.83. The van der Waals surface area contributed by atoms with E-state index in [-0.39, 0.29) is 0 Å². The number of nitrogen functional groups attached to an aromatic ring is 1. The number of nitrogens with two attached hydrogens (primary N) is 1. The third-order valence-electron chi connectivity index (χ3n) is 2.86. The molecule has 2 rings (SSSR count). The van der Waals surface area contributed by atoms with E-state index in [0.717, 1.165) is 36.9 Å². The Morgan fingerprint density at radius 2 is 2.05 bits per heavy atom. The molecule has 0 amide bonds. The zero-order chi connectivity index (χ0) is 14.4. The summed E-state index contributed by atoms with van der Waals surface area (Å²) in [5, 5.41) is 11.2. The average molecular weight is 276 g/mol. The molecular weight excluding hydrogens is 256 g/mol. The summed E-state index contributed by atoms with van der Waals surface area (Å²) in [6.07, 6.45) is 3.51. The Balaban J connectivity index is 2.10. The second kappa shape index (κ2) is 6.80. The number of rotatable bonds is 7. The van der Waals surface area contributed by atoms with Crippen LogP contribution in [-0.4, -0.2) is 24.7 Å². The Morgan fingerprint density at radius 1 is 1.25 bits per heavy atom. The van der Waals surface area contributed by atoms with E-state index in [1.165, 1.54) is 0 Å². The zero-order valence-electron chi connectivity index (χ0n) is 11.8. The largest absolute Gasteiger partial charge is 0.363 e. The number of hydrogen-bond donors (Lipinski definition) is 3. The molecule has 0 aromatic carbocycles. The molecule has 20 heavy (non-hydrogen) atoms. The van der Waals surface area contributed by atoms with Gasteiger partial charge in [0, 0.05) is 19.0 Å². The maximum Gasteiger partial charge on any atom is 0.152 e. The summed E-state index contributed by atoms with van der Waals surface area (Å²) in [4.78, 5) is 8.75. The topological polar surface area (TPSA) is 107 Å². The molecule has 0 spiro atoms. The van der Waals surface area contributed by atoms with Crippen molar-refractivity contribution in [3.05, 3.63) is 24.0 Å². The minimum Gasteiger partial charge on any atom is -0.363 e. The van der Waals surface area contributed by atoms with Crippen LogP contribution in [-0.2, 0) is 19.5 Å². The lowest BCUT2D eigenvalue weighted by atomic mass is 10.3. The van der Waals surface area contributed by atoms with Crippen LogP contribution in [0.25, 0.3) is 0 Å². The number of hydrogen-bond acceptors (Lipinski definition) is 7. The van der Waals surface area contributed by atoms with E-state index in [0.29, 0.717) is 12.4 Å². The number of aryl methyl sites for hydroxylation is 2. The molecular formula is C12H20N8. The molecule has 0 aliphatic carbocycles. The van der Waals surface area contributed by atoms with Crippen LogP contribution in [0.15, 0.2) is 12.4 Å². The van der Waals surface area contributed by atoms with Gasteiger partial charge in [-0.1, -0.05) is 6.92 Å². The molecule has 4 N–H and O–H groups in total. The van der Waals surface area contributed by atoms with E-state index < -0.39 is 0 Å². The summed E-state index contributed by atoms with van der Waals surface area (Å²) in [5.74, 6) is 8.38. The molecule has 2 heterocycles. The standard InChI is InChI=1S/C12H20N8/c1-3-5-9-16-10(6-11(17-9)18-13)14-7-12-19-15-8-20(12)4-2/h6,8H,3-5,7,13H2,1-2H3,(H2,14,16,17,18). The predicted molar refractivity (Wildman–Crippen MR) is 76.9 cm³/mol. The number of aromatic nitrogens is 5. The highest BCUT2D eigenvalue weighted by molar-refractivity contribution is 5.46. The van der Waals surface area contributed by atoms with Gasteiger partial charge in [-0.2, -0.15) is 0 Å². The van der Waals surface area contributed by atoms with Crippen LogP contribution in [0.3, 0.4) is 0 Å². The van der Waals surface area contributed by atoms with Gasteiger partial charge < -0.3 is 15.3 Å². The van der Waals surface area contributed by atoms with Crippen molar-refractivity contribution in [1.82, 2.24) is 24.7 Å². The van der Waals surface area contributed by atoms with Crippen molar-refractivity contribution in [3.63, 3.8) is 0 Å². The van der Waals surface area contributed by atoms with Gasteiger partial charge >= 0.3 is 0 Å². The number of nitrogens with one attached hydrogen (secondary N) is 2. The molecule has 0 saturated carbocycles. The van der Waals surface area contributed by atoms with Crippen LogP contribution in [0.1, 0.15) is 31.9 Å². The summed E-state index contributed by atoms with van der Waals surface area (Å²) < 4.78 is 1.98. The minimum atomic E-state index is 0.556. The maximum absolute atomic E-state index is 5.43. The Bertz CT molecular complexity index is 550. The van der Waals surface area contributed by atoms with Crippen molar-refractivity contribution in [1.29, 1.82) is 0 Å². The number of hydrazine groups is 1. The van der Waals surface area contributed by atoms with Gasteiger partial charge in [-0.3, -0.25) is 0 Å². The third kappa shape index (κ3) is 3.41. The summed E-state index contributed by atoms with van der Waals surface area (Å²) in [7, 11) is 0. The molecule has 0 aliphatic heterocycles. The van der Waals surface area contributed by atoms with E-state index in [2.05, 4.69) is 37.8 Å². The lowest BCUT2D eigenvalue weighted by molar-refractivity contribution is 0.706. The van der Waals surface area contributed by atoms with E-state index in [4.69, 9.17) is 5.84 Å². The molecule has 8 heteroatoms. The van der Waals surface area contributed by atoms with Crippen molar-refractivity contribution in [2.24, 2.45) is 5.84 Å². The Morgan fingerprint density at radius 3 is 2.75 bits per heavy atom. The molecule has 0 atom stereocenters. The molecule has 8 nitrogen and oxygen atoms in total. The monoisotopic (exact) mass is 276 g/mol. The number of anilines is 2. The van der Waals surface area contributed by atoms with Crippen LogP contribution < -0.4 is 16.6 Å². The molecule has 0 aliphatic rings. The highest BCUT2D eigenvalue weighted by atomic mass is 15.3. The smallest absolute Gasteiger partial charge is 0.152 e. The maximum atomic E-state index is 5.43. The van der Waals surface area contributed by atoms with Crippen LogP contribution in [0.4, 0.5) is 11.6 Å². The van der Waals surface area contributed by atoms with Gasteiger partial charge in [0.15, 0.2) is 5.82 Å². The first-order valence-electron chi connectivity index (χ1n) is 6.72. The molecule has 0 bridgehead atoms. The van der Waals surface area contributed by atoms with Gasteiger partial charge in [-0.05, 0) is 13.3 Å². The number of nitrogens with zero attached hydrogens (tertiary/aromatic N) is 5. The second-order valence-corrected chi connectivity index (χ2v) is 4.34. The van der Waals surface area contributed by atoms with Crippen LogP contribution in [0.2, 0.25) is 0 Å². The van der Waals surface area contributed by atoms with Gasteiger partial charge in [0.1, 0.15) is 23.8 Å². The molecule has 2 aromatic rings. The van der Waals surface area contributed by atoms with Crippen LogP contribution in [0.5, 0.6) is 0 Å². The fraction of sp³-hybridized carbons (Fsp3) is 0.500. The van der Waals surface area contributed by atoms with Crippen molar-refractivity contribution >= 4 is 11.6 Å². The quantitative estimate of drug-likeness (QED) is 0.510. The lowest BCUT2D eigenvalue weighted by Gasteiger charge is -2.09. The fourth-order valence-electron chi connectivity index (χ4n) is 1.85. The molecule has 0 radical (unpaired) electrons. The van der Waals surface area contributed by atoms with Crippen molar-refractivity contribution in [3.8, 4) is 0 Å². The molecule has 2 aromatic heterocycles. The fourth-order valence-corrected chi connectivity index (χ4v) is 1.85. The minimum absolute atomic E-state index is 0.556. The summed E-state index contributed by atoms with van der Waals surface area (Å²) in [5.41, 5.74) is 2.56. The molecule has 0 saturated heterocycles. The van der Waals surface area contributed by atoms with E-state index in [1.807, 2.05) is 11.5 Å². The zero-order valence-corrected chi connectivity index (χ0v) is 11.8. The molecule has 0 fully saturated rings. The Hall–Kier alpha value is -2.22. The van der Waals surface area contributed by atoms with Gasteiger partial charge in [-0.15, -0.1) is 10.2 Å². The highest BCUT2D eigenvalue weighted by Gasteiger charge is 2.06. The molecule has 108 valence electrons. The molecule has 0 unspecified atom stereocenters. The average Bonchev–Trinajstić information content (AvgIpc) is 2.92. The summed E-state index contributed by atoms with van der Waals surface area (Å²) in [6.45, 7) is 5.53. The van der Waals surface area contributed by atoms with Gasteiger partial charge in [0.25, 0.3) is 0 Å².